The number of nitrogens with one attached hydrogen (secondary N) is 1. The first kappa shape index (κ1) is 27.7. The van der Waals surface area contributed by atoms with Crippen molar-refractivity contribution in [3.05, 3.63) is 119 Å². The number of aromatic nitrogens is 1. The van der Waals surface area contributed by atoms with Gasteiger partial charge in [0.25, 0.3) is 0 Å². The van der Waals surface area contributed by atoms with Crippen molar-refractivity contribution < 1.29 is 24.0 Å². The summed E-state index contributed by atoms with van der Waals surface area (Å²) in [5.41, 5.74) is 0.845. The Bertz CT molecular complexity index is 1360. The number of hydrogen-bond donors (Lipinski definition) is 1. The van der Waals surface area contributed by atoms with Crippen LogP contribution in [0.4, 0.5) is 5.13 Å². The van der Waals surface area contributed by atoms with Crippen molar-refractivity contribution in [2.45, 2.75) is 12.5 Å². The van der Waals surface area contributed by atoms with Crippen LogP contribution < -0.4 is 5.32 Å². The molecule has 0 spiro atoms. The predicted molar refractivity (Wildman–Crippen MR) is 150 cm³/mol. The number of Topliss-reactive ketones (excluding diaryl/α,β-unsaturated/α-hetero) is 1. The minimum absolute atomic E-state index is 0.0986. The van der Waals surface area contributed by atoms with Gasteiger partial charge in [0, 0.05) is 22.1 Å². The molecule has 0 aliphatic heterocycles. The maximum atomic E-state index is 13.1. The number of carbonyl (C=O) groups is 3. The quantitative estimate of drug-likeness (QED) is 0.0890. The van der Waals surface area contributed by atoms with Crippen molar-refractivity contribution in [1.29, 1.82) is 0 Å². The Hall–Kier alpha value is -4.34. The smallest absolute Gasteiger partial charge is 0.363 e. The minimum atomic E-state index is -1.26. The van der Waals surface area contributed by atoms with Gasteiger partial charge in [0.15, 0.2) is 10.9 Å². The Labute approximate surface area is 234 Å². The van der Waals surface area contributed by atoms with Gasteiger partial charge in [-0.15, -0.1) is 22.9 Å². The van der Waals surface area contributed by atoms with Crippen molar-refractivity contribution in [2.75, 3.05) is 17.8 Å². The first-order valence-corrected chi connectivity index (χ1v) is 13.3. The SMILES string of the molecule is CC(=O)COC(=O)/C(=N\OC(c1ccccc1)(c1ccccc1)c1ccccc1)c1csc(NC(=O)CCl)n1. The molecule has 0 radical (unpaired) electrons. The molecule has 0 aliphatic carbocycles. The molecule has 3 aromatic carbocycles. The zero-order valence-electron chi connectivity index (χ0n) is 20.9. The predicted octanol–water partition coefficient (Wildman–Crippen LogP) is 5.17. The molecule has 0 saturated heterocycles. The van der Waals surface area contributed by atoms with E-state index in [0.717, 1.165) is 28.0 Å². The summed E-state index contributed by atoms with van der Waals surface area (Å²) in [7, 11) is 0. The maximum Gasteiger partial charge on any atom is 0.363 e. The van der Waals surface area contributed by atoms with Gasteiger partial charge in [0.2, 0.25) is 17.2 Å². The summed E-state index contributed by atoms with van der Waals surface area (Å²) in [6.07, 6.45) is 0. The van der Waals surface area contributed by atoms with Gasteiger partial charge >= 0.3 is 5.97 Å². The highest BCUT2D eigenvalue weighted by Crippen LogP contribution is 2.40. The number of halogens is 1. The highest BCUT2D eigenvalue weighted by Gasteiger charge is 2.40. The molecule has 0 aliphatic rings. The summed E-state index contributed by atoms with van der Waals surface area (Å²) in [6.45, 7) is 0.855. The van der Waals surface area contributed by atoms with E-state index >= 15 is 0 Å². The molecular weight excluding hydrogens is 538 g/mol. The maximum absolute atomic E-state index is 13.1. The second-order valence-corrected chi connectivity index (χ2v) is 9.43. The number of ether oxygens (including phenoxy) is 1. The molecule has 4 rings (SSSR count). The molecule has 8 nitrogen and oxygen atoms in total. The molecule has 198 valence electrons. The monoisotopic (exact) mass is 561 g/mol. The van der Waals surface area contributed by atoms with Crippen LogP contribution in [-0.4, -0.2) is 40.8 Å². The Morgan fingerprint density at radius 3 is 1.87 bits per heavy atom. The number of carbonyl (C=O) groups excluding carboxylic acids is 3. The molecule has 1 amide bonds. The van der Waals surface area contributed by atoms with E-state index in [9.17, 15) is 14.4 Å². The van der Waals surface area contributed by atoms with Crippen LogP contribution in [0.5, 0.6) is 0 Å². The molecular formula is C29H24ClN3O5S. The van der Waals surface area contributed by atoms with Crippen LogP contribution in [0, 0.1) is 0 Å². The number of anilines is 1. The highest BCUT2D eigenvalue weighted by molar-refractivity contribution is 7.14. The van der Waals surface area contributed by atoms with E-state index in [4.69, 9.17) is 21.2 Å². The largest absolute Gasteiger partial charge is 0.453 e. The van der Waals surface area contributed by atoms with Gasteiger partial charge in [0.05, 0.1) is 0 Å². The third-order valence-electron chi connectivity index (χ3n) is 5.53. The van der Waals surface area contributed by atoms with Crippen LogP contribution in [0.2, 0.25) is 0 Å². The Balaban J connectivity index is 1.87. The van der Waals surface area contributed by atoms with Gasteiger partial charge in [-0.1, -0.05) is 96.2 Å². The van der Waals surface area contributed by atoms with Gasteiger partial charge < -0.3 is 14.9 Å². The lowest BCUT2D eigenvalue weighted by Gasteiger charge is -2.33. The normalized spacial score (nSPS) is 11.5. The van der Waals surface area contributed by atoms with Gasteiger partial charge in [-0.05, 0) is 6.92 Å². The Morgan fingerprint density at radius 1 is 0.897 bits per heavy atom. The fourth-order valence-electron chi connectivity index (χ4n) is 3.81. The zero-order chi connectivity index (χ0) is 27.7. The summed E-state index contributed by atoms with van der Waals surface area (Å²) in [4.78, 5) is 47.1. The molecule has 0 fully saturated rings. The van der Waals surface area contributed by atoms with Crippen molar-refractivity contribution in [1.82, 2.24) is 4.98 Å². The van der Waals surface area contributed by atoms with Gasteiger partial charge in [0.1, 0.15) is 18.2 Å². The Morgan fingerprint density at radius 2 is 1.41 bits per heavy atom. The van der Waals surface area contributed by atoms with E-state index in [2.05, 4.69) is 15.5 Å². The molecule has 1 N–H and O–H groups in total. The summed E-state index contributed by atoms with van der Waals surface area (Å²) < 4.78 is 5.17. The second-order valence-electron chi connectivity index (χ2n) is 8.31. The van der Waals surface area contributed by atoms with E-state index in [-0.39, 0.29) is 28.2 Å². The van der Waals surface area contributed by atoms with Gasteiger partial charge in [-0.25, -0.2) is 9.78 Å². The average molecular weight is 562 g/mol. The van der Waals surface area contributed by atoms with E-state index in [1.54, 1.807) is 0 Å². The number of thiazole rings is 1. The van der Waals surface area contributed by atoms with Crippen molar-refractivity contribution >= 4 is 51.4 Å². The molecule has 10 heteroatoms. The number of ketones is 1. The molecule has 39 heavy (non-hydrogen) atoms. The van der Waals surface area contributed by atoms with Crippen LogP contribution in [-0.2, 0) is 29.6 Å². The van der Waals surface area contributed by atoms with E-state index < -0.39 is 24.1 Å². The van der Waals surface area contributed by atoms with Crippen LogP contribution in [0.25, 0.3) is 0 Å². The van der Waals surface area contributed by atoms with Crippen molar-refractivity contribution in [2.24, 2.45) is 5.16 Å². The fourth-order valence-corrected chi connectivity index (χ4v) is 4.59. The van der Waals surface area contributed by atoms with E-state index in [1.807, 2.05) is 91.0 Å². The van der Waals surface area contributed by atoms with Crippen molar-refractivity contribution in [3.8, 4) is 0 Å². The minimum Gasteiger partial charge on any atom is -0.453 e. The lowest BCUT2D eigenvalue weighted by molar-refractivity contribution is -0.141. The van der Waals surface area contributed by atoms with Crippen LogP contribution in [0.15, 0.2) is 102 Å². The van der Waals surface area contributed by atoms with E-state index in [1.165, 1.54) is 12.3 Å². The summed E-state index contributed by atoms with van der Waals surface area (Å²) in [6, 6.07) is 28.4. The standard InChI is InChI=1S/C29H24ClN3O5S/c1-20(34)18-37-27(36)26(24-19-39-28(31-24)32-25(35)17-30)33-38-29(21-11-5-2-6-12-21,22-13-7-3-8-14-22)23-15-9-4-10-16-23/h2-16,19H,17-18H2,1H3,(H,31,32,35)/b33-26-. The summed E-state index contributed by atoms with van der Waals surface area (Å²) in [5, 5.41) is 8.60. The number of amides is 1. The molecule has 1 aromatic heterocycles. The third-order valence-corrected chi connectivity index (χ3v) is 6.53. The topological polar surface area (TPSA) is 107 Å². The number of nitrogens with zero attached hydrogens (tertiary/aromatic N) is 2. The molecule has 1 heterocycles. The molecule has 0 bridgehead atoms. The number of alkyl halides is 1. The lowest BCUT2D eigenvalue weighted by atomic mass is 9.80. The Kier molecular flexibility index (Phi) is 9.19. The first-order valence-electron chi connectivity index (χ1n) is 11.8. The van der Waals surface area contributed by atoms with E-state index in [0.29, 0.717) is 0 Å². The third kappa shape index (κ3) is 6.57. The fraction of sp³-hybridized carbons (Fsp3) is 0.138. The number of rotatable bonds is 11. The van der Waals surface area contributed by atoms with Crippen LogP contribution in [0.1, 0.15) is 29.3 Å². The number of benzene rings is 3. The molecule has 0 atom stereocenters. The molecule has 0 saturated carbocycles. The summed E-state index contributed by atoms with van der Waals surface area (Å²) in [5.74, 6) is -1.96. The second kappa shape index (κ2) is 12.9. The number of oxime groups is 1. The number of hydrogen-bond acceptors (Lipinski definition) is 8. The molecule has 4 aromatic rings. The average Bonchev–Trinajstić information content (AvgIpc) is 3.43. The zero-order valence-corrected chi connectivity index (χ0v) is 22.4. The summed E-state index contributed by atoms with van der Waals surface area (Å²) >= 11 is 6.66. The van der Waals surface area contributed by atoms with Gasteiger partial charge in [-0.3, -0.25) is 9.59 Å². The number of esters is 1. The highest BCUT2D eigenvalue weighted by atomic mass is 35.5. The first-order chi connectivity index (χ1) is 18.9. The van der Waals surface area contributed by atoms with Crippen LogP contribution >= 0.6 is 22.9 Å². The van der Waals surface area contributed by atoms with Gasteiger partial charge in [-0.2, -0.15) is 0 Å². The molecule has 0 unspecified atom stereocenters. The lowest BCUT2D eigenvalue weighted by Crippen LogP contribution is -2.32. The van der Waals surface area contributed by atoms with Crippen LogP contribution in [0.3, 0.4) is 0 Å². The van der Waals surface area contributed by atoms with Crippen molar-refractivity contribution in [3.63, 3.8) is 0 Å².